The van der Waals surface area contributed by atoms with Gasteiger partial charge < -0.3 is 16.0 Å². The maximum atomic E-state index is 11.9. The summed E-state index contributed by atoms with van der Waals surface area (Å²) in [5.74, 6) is 0.482. The van der Waals surface area contributed by atoms with Crippen LogP contribution in [0.15, 0.2) is 0 Å². The van der Waals surface area contributed by atoms with Crippen LogP contribution in [0.25, 0.3) is 0 Å². The number of piperidine rings is 1. The molecule has 2 amide bonds. The molecule has 0 aromatic carbocycles. The number of halogens is 1. The molecule has 2 saturated heterocycles. The lowest BCUT2D eigenvalue weighted by molar-refractivity contribution is -0.129. The van der Waals surface area contributed by atoms with Gasteiger partial charge >= 0.3 is 0 Å². The first-order valence-electron chi connectivity index (χ1n) is 7.03. The molecule has 0 radical (unpaired) electrons. The highest BCUT2D eigenvalue weighted by molar-refractivity contribution is 5.87. The molecule has 0 spiro atoms. The van der Waals surface area contributed by atoms with Gasteiger partial charge in [-0.3, -0.25) is 9.59 Å². The fraction of sp³-hybridized carbons (Fsp3) is 0.846. The van der Waals surface area contributed by atoms with Gasteiger partial charge in [-0.1, -0.05) is 0 Å². The molecular formula is C13H24ClN3O2. The Morgan fingerprint density at radius 3 is 2.63 bits per heavy atom. The average Bonchev–Trinajstić information content (AvgIpc) is 2.56. The SMILES string of the molecule is Cl.O=C(CC1CCNCC1)NC1CCCCNC1=O. The third-order valence-electron chi connectivity index (χ3n) is 3.80. The molecule has 0 aromatic rings. The zero-order chi connectivity index (χ0) is 12.8. The van der Waals surface area contributed by atoms with E-state index in [9.17, 15) is 9.59 Å². The van der Waals surface area contributed by atoms with Crippen LogP contribution in [0.3, 0.4) is 0 Å². The second-order valence-corrected chi connectivity index (χ2v) is 5.30. The van der Waals surface area contributed by atoms with Crippen molar-refractivity contribution in [1.29, 1.82) is 0 Å². The Morgan fingerprint density at radius 2 is 1.89 bits per heavy atom. The van der Waals surface area contributed by atoms with Crippen LogP contribution in [0.1, 0.15) is 38.5 Å². The van der Waals surface area contributed by atoms with Crippen molar-refractivity contribution in [3.05, 3.63) is 0 Å². The van der Waals surface area contributed by atoms with E-state index in [0.717, 1.165) is 51.7 Å². The van der Waals surface area contributed by atoms with Gasteiger partial charge in [0.05, 0.1) is 0 Å². The van der Waals surface area contributed by atoms with E-state index in [0.29, 0.717) is 12.3 Å². The third-order valence-corrected chi connectivity index (χ3v) is 3.80. The van der Waals surface area contributed by atoms with Gasteiger partial charge in [-0.2, -0.15) is 0 Å². The Balaban J connectivity index is 0.00000180. The Labute approximate surface area is 120 Å². The lowest BCUT2D eigenvalue weighted by atomic mass is 9.94. The van der Waals surface area contributed by atoms with Crippen LogP contribution in [-0.4, -0.2) is 37.5 Å². The summed E-state index contributed by atoms with van der Waals surface area (Å²) < 4.78 is 0. The molecule has 2 rings (SSSR count). The van der Waals surface area contributed by atoms with E-state index in [4.69, 9.17) is 0 Å². The Morgan fingerprint density at radius 1 is 1.16 bits per heavy atom. The normalized spacial score (nSPS) is 24.8. The zero-order valence-electron chi connectivity index (χ0n) is 11.2. The van der Waals surface area contributed by atoms with Gasteiger partial charge in [0.15, 0.2) is 0 Å². The van der Waals surface area contributed by atoms with E-state index in [1.54, 1.807) is 0 Å². The lowest BCUT2D eigenvalue weighted by Crippen LogP contribution is -2.46. The Kier molecular flexibility index (Phi) is 7.16. The number of rotatable bonds is 3. The molecule has 1 atom stereocenters. The minimum Gasteiger partial charge on any atom is -0.354 e. The van der Waals surface area contributed by atoms with Gasteiger partial charge in [0.25, 0.3) is 0 Å². The molecule has 1 unspecified atom stereocenters. The van der Waals surface area contributed by atoms with Crippen LogP contribution < -0.4 is 16.0 Å². The Bertz CT molecular complexity index is 306. The molecule has 19 heavy (non-hydrogen) atoms. The highest BCUT2D eigenvalue weighted by atomic mass is 35.5. The second kappa shape index (κ2) is 8.38. The largest absolute Gasteiger partial charge is 0.354 e. The summed E-state index contributed by atoms with van der Waals surface area (Å²) in [4.78, 5) is 23.6. The fourth-order valence-electron chi connectivity index (χ4n) is 2.68. The first-order valence-corrected chi connectivity index (χ1v) is 7.03. The number of hydrogen-bond acceptors (Lipinski definition) is 3. The van der Waals surface area contributed by atoms with Crippen LogP contribution in [-0.2, 0) is 9.59 Å². The molecule has 0 bridgehead atoms. The monoisotopic (exact) mass is 289 g/mol. The first kappa shape index (κ1) is 16.2. The number of amides is 2. The topological polar surface area (TPSA) is 70.2 Å². The summed E-state index contributed by atoms with van der Waals surface area (Å²) in [6, 6.07) is -0.318. The number of nitrogens with one attached hydrogen (secondary N) is 3. The van der Waals surface area contributed by atoms with Crippen molar-refractivity contribution in [2.24, 2.45) is 5.92 Å². The smallest absolute Gasteiger partial charge is 0.242 e. The average molecular weight is 290 g/mol. The zero-order valence-corrected chi connectivity index (χ0v) is 12.1. The Hall–Kier alpha value is -0.810. The van der Waals surface area contributed by atoms with Crippen molar-refractivity contribution in [1.82, 2.24) is 16.0 Å². The van der Waals surface area contributed by atoms with E-state index in [1.165, 1.54) is 0 Å². The first-order chi connectivity index (χ1) is 8.75. The van der Waals surface area contributed by atoms with Gasteiger partial charge in [-0.05, 0) is 51.1 Å². The minimum absolute atomic E-state index is 0. The van der Waals surface area contributed by atoms with Crippen LogP contribution in [0.5, 0.6) is 0 Å². The highest BCUT2D eigenvalue weighted by Gasteiger charge is 2.24. The van der Waals surface area contributed by atoms with Crippen molar-refractivity contribution < 1.29 is 9.59 Å². The lowest BCUT2D eigenvalue weighted by Gasteiger charge is -2.23. The quantitative estimate of drug-likeness (QED) is 0.712. The van der Waals surface area contributed by atoms with Crippen LogP contribution >= 0.6 is 12.4 Å². The molecule has 2 heterocycles. The summed E-state index contributed by atoms with van der Waals surface area (Å²) in [5, 5.41) is 9.01. The van der Waals surface area contributed by atoms with Crippen molar-refractivity contribution >= 4 is 24.2 Å². The van der Waals surface area contributed by atoms with Crippen molar-refractivity contribution in [2.75, 3.05) is 19.6 Å². The molecule has 0 aromatic heterocycles. The maximum absolute atomic E-state index is 11.9. The van der Waals surface area contributed by atoms with E-state index in [1.807, 2.05) is 0 Å². The molecule has 0 saturated carbocycles. The second-order valence-electron chi connectivity index (χ2n) is 5.30. The van der Waals surface area contributed by atoms with Gasteiger partial charge in [0.1, 0.15) is 6.04 Å². The fourth-order valence-corrected chi connectivity index (χ4v) is 2.68. The van der Waals surface area contributed by atoms with Gasteiger partial charge in [0, 0.05) is 13.0 Å². The minimum atomic E-state index is -0.318. The van der Waals surface area contributed by atoms with E-state index < -0.39 is 0 Å². The molecule has 0 aliphatic carbocycles. The van der Waals surface area contributed by atoms with Crippen LogP contribution in [0.4, 0.5) is 0 Å². The maximum Gasteiger partial charge on any atom is 0.242 e. The van der Waals surface area contributed by atoms with Crippen LogP contribution in [0.2, 0.25) is 0 Å². The number of hydrogen-bond donors (Lipinski definition) is 3. The van der Waals surface area contributed by atoms with E-state index in [2.05, 4.69) is 16.0 Å². The predicted octanol–water partition coefficient (Wildman–Crippen LogP) is 0.583. The van der Waals surface area contributed by atoms with Gasteiger partial charge in [0.2, 0.25) is 11.8 Å². The van der Waals surface area contributed by atoms with Crippen molar-refractivity contribution in [2.45, 2.75) is 44.6 Å². The van der Waals surface area contributed by atoms with Crippen molar-refractivity contribution in [3.63, 3.8) is 0 Å². The van der Waals surface area contributed by atoms with E-state index in [-0.39, 0.29) is 30.3 Å². The van der Waals surface area contributed by atoms with Gasteiger partial charge in [-0.15, -0.1) is 12.4 Å². The van der Waals surface area contributed by atoms with E-state index >= 15 is 0 Å². The van der Waals surface area contributed by atoms with Crippen LogP contribution in [0, 0.1) is 5.92 Å². The molecule has 6 heteroatoms. The van der Waals surface area contributed by atoms with Gasteiger partial charge in [-0.25, -0.2) is 0 Å². The summed E-state index contributed by atoms with van der Waals surface area (Å²) in [6.45, 7) is 2.74. The molecule has 2 fully saturated rings. The molecule has 3 N–H and O–H groups in total. The molecule has 2 aliphatic heterocycles. The third kappa shape index (κ3) is 5.37. The molecule has 2 aliphatic rings. The number of carbonyl (C=O) groups excluding carboxylic acids is 2. The highest BCUT2D eigenvalue weighted by Crippen LogP contribution is 2.16. The molecular weight excluding hydrogens is 266 g/mol. The molecule has 5 nitrogen and oxygen atoms in total. The summed E-state index contributed by atoms with van der Waals surface area (Å²) in [6.07, 6.45) is 5.45. The number of carbonyl (C=O) groups is 2. The summed E-state index contributed by atoms with van der Waals surface area (Å²) in [7, 11) is 0. The molecule has 110 valence electrons. The van der Waals surface area contributed by atoms with Crippen molar-refractivity contribution in [3.8, 4) is 0 Å². The summed E-state index contributed by atoms with van der Waals surface area (Å²) in [5.41, 5.74) is 0. The summed E-state index contributed by atoms with van der Waals surface area (Å²) >= 11 is 0. The predicted molar refractivity (Wildman–Crippen MR) is 76.3 cm³/mol. The standard InChI is InChI=1S/C13H23N3O2.ClH/c17-12(9-10-4-7-14-8-5-10)16-11-3-1-2-6-15-13(11)18;/h10-11,14H,1-9H2,(H,15,18)(H,16,17);1H.